The summed E-state index contributed by atoms with van der Waals surface area (Å²) in [6.45, 7) is 1.30. The molecule has 0 radical (unpaired) electrons. The molecule has 1 aromatic carbocycles. The van der Waals surface area contributed by atoms with E-state index in [4.69, 9.17) is 16.3 Å². The van der Waals surface area contributed by atoms with Gasteiger partial charge >= 0.3 is 0 Å². The molecule has 1 unspecified atom stereocenters. The maximum absolute atomic E-state index is 11.6. The molecule has 1 aromatic rings. The Morgan fingerprint density at radius 2 is 2.26 bits per heavy atom. The zero-order chi connectivity index (χ0) is 14.1. The van der Waals surface area contributed by atoms with Crippen molar-refractivity contribution in [2.75, 3.05) is 27.2 Å². The van der Waals surface area contributed by atoms with Crippen LogP contribution >= 0.6 is 11.6 Å². The number of carbonyl (C=O) groups is 1. The first-order valence-corrected chi connectivity index (χ1v) is 6.74. The Balaban J connectivity index is 2.42. The Hall–Kier alpha value is -1.10. The standard InChI is InChI=1S/C14H21ClN2O2/c1-16-8-4-7-14(18)17-10-13(19-2)11-5-3-6-12(15)9-11/h3,5-6,9,13,16H,4,7-8,10H2,1-2H3,(H,17,18). The second kappa shape index (κ2) is 8.91. The molecule has 0 aliphatic carbocycles. The van der Waals surface area contributed by atoms with Gasteiger partial charge in [0.2, 0.25) is 5.91 Å². The van der Waals surface area contributed by atoms with Gasteiger partial charge in [-0.05, 0) is 37.7 Å². The van der Waals surface area contributed by atoms with E-state index in [0.717, 1.165) is 18.5 Å². The van der Waals surface area contributed by atoms with Crippen molar-refractivity contribution >= 4 is 17.5 Å². The molecule has 1 atom stereocenters. The molecule has 0 aliphatic rings. The molecule has 0 saturated carbocycles. The molecule has 0 aliphatic heterocycles. The molecule has 1 amide bonds. The van der Waals surface area contributed by atoms with Crippen LogP contribution in [-0.4, -0.2) is 33.2 Å². The molecule has 4 nitrogen and oxygen atoms in total. The molecule has 0 saturated heterocycles. The number of benzene rings is 1. The third-order valence-electron chi connectivity index (χ3n) is 2.82. The SMILES string of the molecule is CNCCCC(=O)NCC(OC)c1cccc(Cl)c1. The van der Waals surface area contributed by atoms with E-state index in [-0.39, 0.29) is 12.0 Å². The molecule has 0 bridgehead atoms. The molecule has 0 heterocycles. The normalized spacial score (nSPS) is 12.2. The lowest BCUT2D eigenvalue weighted by atomic mass is 10.1. The lowest BCUT2D eigenvalue weighted by molar-refractivity contribution is -0.121. The molecule has 0 fully saturated rings. The van der Waals surface area contributed by atoms with E-state index < -0.39 is 0 Å². The van der Waals surface area contributed by atoms with E-state index in [1.807, 2.05) is 31.3 Å². The first-order valence-electron chi connectivity index (χ1n) is 6.37. The van der Waals surface area contributed by atoms with Gasteiger partial charge in [-0.3, -0.25) is 4.79 Å². The third-order valence-corrected chi connectivity index (χ3v) is 3.06. The van der Waals surface area contributed by atoms with Crippen molar-refractivity contribution in [1.29, 1.82) is 0 Å². The van der Waals surface area contributed by atoms with E-state index in [1.54, 1.807) is 7.11 Å². The Bertz CT molecular complexity index is 399. The zero-order valence-electron chi connectivity index (χ0n) is 11.4. The van der Waals surface area contributed by atoms with Crippen LogP contribution in [0.4, 0.5) is 0 Å². The lowest BCUT2D eigenvalue weighted by Gasteiger charge is -2.16. The fourth-order valence-electron chi connectivity index (χ4n) is 1.76. The average Bonchev–Trinajstić information content (AvgIpc) is 2.40. The molecular weight excluding hydrogens is 264 g/mol. The molecule has 5 heteroatoms. The highest BCUT2D eigenvalue weighted by Gasteiger charge is 2.12. The molecule has 1 rings (SSSR count). The fourth-order valence-corrected chi connectivity index (χ4v) is 1.96. The lowest BCUT2D eigenvalue weighted by Crippen LogP contribution is -2.29. The molecule has 106 valence electrons. The summed E-state index contributed by atoms with van der Waals surface area (Å²) in [5.74, 6) is 0.0410. The van der Waals surface area contributed by atoms with Crippen LogP contribution in [0.3, 0.4) is 0 Å². The number of halogens is 1. The van der Waals surface area contributed by atoms with Crippen LogP contribution in [0, 0.1) is 0 Å². The zero-order valence-corrected chi connectivity index (χ0v) is 12.2. The first-order chi connectivity index (χ1) is 9.17. The van der Waals surface area contributed by atoms with Gasteiger partial charge in [0.15, 0.2) is 0 Å². The Morgan fingerprint density at radius 3 is 2.89 bits per heavy atom. The number of hydrogen-bond acceptors (Lipinski definition) is 3. The number of carbonyl (C=O) groups excluding carboxylic acids is 1. The van der Waals surface area contributed by atoms with Crippen LogP contribution in [0.1, 0.15) is 24.5 Å². The molecular formula is C14H21ClN2O2. The van der Waals surface area contributed by atoms with E-state index in [2.05, 4.69) is 10.6 Å². The van der Waals surface area contributed by atoms with Crippen molar-refractivity contribution in [3.63, 3.8) is 0 Å². The summed E-state index contributed by atoms with van der Waals surface area (Å²) in [6.07, 6.45) is 1.18. The highest BCUT2D eigenvalue weighted by Crippen LogP contribution is 2.19. The van der Waals surface area contributed by atoms with E-state index in [0.29, 0.717) is 18.0 Å². The van der Waals surface area contributed by atoms with Crippen molar-refractivity contribution < 1.29 is 9.53 Å². The van der Waals surface area contributed by atoms with Gasteiger partial charge in [-0.1, -0.05) is 23.7 Å². The van der Waals surface area contributed by atoms with Gasteiger partial charge in [-0.2, -0.15) is 0 Å². The van der Waals surface area contributed by atoms with Crippen molar-refractivity contribution in [1.82, 2.24) is 10.6 Å². The molecule has 19 heavy (non-hydrogen) atoms. The van der Waals surface area contributed by atoms with Crippen LogP contribution in [0.5, 0.6) is 0 Å². The number of methoxy groups -OCH3 is 1. The summed E-state index contributed by atoms with van der Waals surface area (Å²) in [4.78, 5) is 11.6. The van der Waals surface area contributed by atoms with E-state index in [1.165, 1.54) is 0 Å². The fraction of sp³-hybridized carbons (Fsp3) is 0.500. The van der Waals surface area contributed by atoms with Gasteiger partial charge in [-0.25, -0.2) is 0 Å². The van der Waals surface area contributed by atoms with Crippen LogP contribution in [0.25, 0.3) is 0 Å². The summed E-state index contributed by atoms with van der Waals surface area (Å²) >= 11 is 5.94. The van der Waals surface area contributed by atoms with Crippen molar-refractivity contribution in [3.8, 4) is 0 Å². The summed E-state index contributed by atoms with van der Waals surface area (Å²) in [5, 5.41) is 6.55. The van der Waals surface area contributed by atoms with Gasteiger partial charge in [0.25, 0.3) is 0 Å². The number of ether oxygens (including phenoxy) is 1. The van der Waals surface area contributed by atoms with Gasteiger partial charge in [-0.15, -0.1) is 0 Å². The van der Waals surface area contributed by atoms with Crippen LogP contribution in [0.15, 0.2) is 24.3 Å². The van der Waals surface area contributed by atoms with Gasteiger partial charge in [0.1, 0.15) is 0 Å². The monoisotopic (exact) mass is 284 g/mol. The van der Waals surface area contributed by atoms with Crippen molar-refractivity contribution in [2.24, 2.45) is 0 Å². The summed E-state index contributed by atoms with van der Waals surface area (Å²) in [5.41, 5.74) is 0.963. The minimum atomic E-state index is -0.174. The smallest absolute Gasteiger partial charge is 0.220 e. The van der Waals surface area contributed by atoms with E-state index in [9.17, 15) is 4.79 Å². The van der Waals surface area contributed by atoms with Gasteiger partial charge in [0.05, 0.1) is 6.10 Å². The summed E-state index contributed by atoms with van der Waals surface area (Å²) in [6, 6.07) is 7.47. The minimum absolute atomic E-state index is 0.0410. The average molecular weight is 285 g/mol. The highest BCUT2D eigenvalue weighted by molar-refractivity contribution is 6.30. The highest BCUT2D eigenvalue weighted by atomic mass is 35.5. The number of nitrogens with one attached hydrogen (secondary N) is 2. The first kappa shape index (κ1) is 16.0. The Morgan fingerprint density at radius 1 is 1.47 bits per heavy atom. The second-order valence-corrected chi connectivity index (χ2v) is 4.73. The molecule has 0 aromatic heterocycles. The van der Waals surface area contributed by atoms with Crippen molar-refractivity contribution in [3.05, 3.63) is 34.9 Å². The molecule has 0 spiro atoms. The topological polar surface area (TPSA) is 50.4 Å². The quantitative estimate of drug-likeness (QED) is 0.719. The number of amides is 1. The largest absolute Gasteiger partial charge is 0.375 e. The predicted octanol–water partition coefficient (Wildman–Crippen LogP) is 2.14. The van der Waals surface area contributed by atoms with Gasteiger partial charge < -0.3 is 15.4 Å². The van der Waals surface area contributed by atoms with Crippen LogP contribution in [-0.2, 0) is 9.53 Å². The van der Waals surface area contributed by atoms with E-state index >= 15 is 0 Å². The maximum Gasteiger partial charge on any atom is 0.220 e. The second-order valence-electron chi connectivity index (χ2n) is 4.29. The Kier molecular flexibility index (Phi) is 7.48. The Labute approximate surface area is 119 Å². The van der Waals surface area contributed by atoms with Crippen LogP contribution in [0.2, 0.25) is 5.02 Å². The number of hydrogen-bond donors (Lipinski definition) is 2. The number of rotatable bonds is 8. The summed E-state index contributed by atoms with van der Waals surface area (Å²) < 4.78 is 5.38. The molecule has 2 N–H and O–H groups in total. The minimum Gasteiger partial charge on any atom is -0.375 e. The maximum atomic E-state index is 11.6. The third kappa shape index (κ3) is 6.05. The van der Waals surface area contributed by atoms with Gasteiger partial charge in [0, 0.05) is 25.1 Å². The summed E-state index contributed by atoms with van der Waals surface area (Å²) in [7, 11) is 3.50. The van der Waals surface area contributed by atoms with Crippen LogP contribution < -0.4 is 10.6 Å². The predicted molar refractivity (Wildman–Crippen MR) is 77.4 cm³/mol. The van der Waals surface area contributed by atoms with Crippen molar-refractivity contribution in [2.45, 2.75) is 18.9 Å².